The number of nitrogens with zero attached hydrogens (tertiary/aromatic N) is 2. The van der Waals surface area contributed by atoms with E-state index in [1.165, 1.54) is 23.4 Å². The number of aromatic amines is 1. The molecule has 7 heteroatoms. The van der Waals surface area contributed by atoms with Crippen LogP contribution < -0.4 is 5.69 Å². The van der Waals surface area contributed by atoms with Crippen molar-refractivity contribution in [1.29, 1.82) is 0 Å². The van der Waals surface area contributed by atoms with E-state index in [2.05, 4.69) is 10.2 Å². The summed E-state index contributed by atoms with van der Waals surface area (Å²) < 4.78 is 6.30. The summed E-state index contributed by atoms with van der Waals surface area (Å²) in [7, 11) is 1.38. The second-order valence-corrected chi connectivity index (χ2v) is 5.06. The molecule has 0 bridgehead atoms. The predicted octanol–water partition coefficient (Wildman–Crippen LogP) is 0.635. The Balaban J connectivity index is 2.17. The highest BCUT2D eigenvalue weighted by molar-refractivity contribution is 8.00. The molecule has 0 aliphatic heterocycles. The van der Waals surface area contributed by atoms with Gasteiger partial charge in [0.15, 0.2) is 5.16 Å². The van der Waals surface area contributed by atoms with Crippen LogP contribution in [0.25, 0.3) is 0 Å². The fourth-order valence-electron chi connectivity index (χ4n) is 1.64. The second kappa shape index (κ2) is 4.95. The Hall–Kier alpha value is -1.24. The molecule has 1 atom stereocenters. The first-order chi connectivity index (χ1) is 8.17. The molecule has 1 N–H and O–H groups in total. The Bertz CT molecular complexity index is 464. The van der Waals surface area contributed by atoms with E-state index >= 15 is 0 Å². The van der Waals surface area contributed by atoms with Gasteiger partial charge in [-0.25, -0.2) is 9.89 Å². The number of carbonyl (C=O) groups is 1. The number of ether oxygens (including phenoxy) is 1. The summed E-state index contributed by atoms with van der Waals surface area (Å²) in [6.07, 6.45) is 2.07. The highest BCUT2D eigenvalue weighted by Crippen LogP contribution is 2.41. The summed E-state index contributed by atoms with van der Waals surface area (Å²) in [6, 6.07) is 0. The molecule has 0 amide bonds. The van der Waals surface area contributed by atoms with Crippen LogP contribution in [0, 0.1) is 5.92 Å². The van der Waals surface area contributed by atoms with Crippen molar-refractivity contribution in [1.82, 2.24) is 14.8 Å². The van der Waals surface area contributed by atoms with Gasteiger partial charge in [-0.05, 0) is 25.7 Å². The lowest BCUT2D eigenvalue weighted by Crippen LogP contribution is -2.23. The number of aromatic nitrogens is 3. The van der Waals surface area contributed by atoms with Crippen molar-refractivity contribution in [2.24, 2.45) is 5.92 Å². The molecule has 2 rings (SSSR count). The molecule has 0 spiro atoms. The first kappa shape index (κ1) is 12.2. The van der Waals surface area contributed by atoms with Crippen LogP contribution in [-0.2, 0) is 16.1 Å². The SMILES string of the molecule is CCn1c(SC(C(=O)OC)C2CC2)n[nH]c1=O. The molecule has 1 aliphatic carbocycles. The highest BCUT2D eigenvalue weighted by atomic mass is 32.2. The minimum atomic E-state index is -0.250. The van der Waals surface area contributed by atoms with Gasteiger partial charge >= 0.3 is 11.7 Å². The third-order valence-corrected chi connectivity index (χ3v) is 4.11. The molecule has 0 aromatic carbocycles. The van der Waals surface area contributed by atoms with E-state index in [-0.39, 0.29) is 16.9 Å². The Morgan fingerprint density at radius 2 is 2.41 bits per heavy atom. The molecule has 94 valence electrons. The van der Waals surface area contributed by atoms with Gasteiger partial charge in [-0.1, -0.05) is 11.8 Å². The largest absolute Gasteiger partial charge is 0.468 e. The molecule has 1 unspecified atom stereocenters. The van der Waals surface area contributed by atoms with Crippen molar-refractivity contribution in [3.63, 3.8) is 0 Å². The van der Waals surface area contributed by atoms with Crippen LogP contribution in [0.3, 0.4) is 0 Å². The van der Waals surface area contributed by atoms with E-state index < -0.39 is 0 Å². The number of hydrogen-bond donors (Lipinski definition) is 1. The molecule has 1 aliphatic rings. The summed E-state index contributed by atoms with van der Waals surface area (Å²) in [5, 5.41) is 6.63. The number of nitrogens with one attached hydrogen (secondary N) is 1. The zero-order valence-electron chi connectivity index (χ0n) is 9.80. The lowest BCUT2D eigenvalue weighted by molar-refractivity contribution is -0.140. The van der Waals surface area contributed by atoms with E-state index in [0.717, 1.165) is 12.8 Å². The van der Waals surface area contributed by atoms with Gasteiger partial charge in [0, 0.05) is 6.54 Å². The van der Waals surface area contributed by atoms with Crippen molar-refractivity contribution < 1.29 is 9.53 Å². The van der Waals surface area contributed by atoms with Crippen molar-refractivity contribution in [3.8, 4) is 0 Å². The zero-order valence-corrected chi connectivity index (χ0v) is 10.6. The van der Waals surface area contributed by atoms with Crippen LogP contribution in [-0.4, -0.2) is 33.1 Å². The maximum atomic E-state index is 11.6. The number of hydrogen-bond acceptors (Lipinski definition) is 5. The van der Waals surface area contributed by atoms with Gasteiger partial charge in [0.2, 0.25) is 0 Å². The second-order valence-electron chi connectivity index (χ2n) is 3.95. The van der Waals surface area contributed by atoms with Gasteiger partial charge in [0.1, 0.15) is 5.25 Å². The normalized spacial score (nSPS) is 16.8. The monoisotopic (exact) mass is 257 g/mol. The maximum Gasteiger partial charge on any atom is 0.343 e. The number of esters is 1. The maximum absolute atomic E-state index is 11.6. The van der Waals surface area contributed by atoms with E-state index in [9.17, 15) is 9.59 Å². The van der Waals surface area contributed by atoms with Crippen LogP contribution >= 0.6 is 11.8 Å². The van der Waals surface area contributed by atoms with E-state index in [1.807, 2.05) is 6.92 Å². The fourth-order valence-corrected chi connectivity index (χ4v) is 2.96. The molecule has 1 heterocycles. The van der Waals surface area contributed by atoms with Gasteiger partial charge in [-0.15, -0.1) is 5.10 Å². The van der Waals surface area contributed by atoms with Gasteiger partial charge in [0.25, 0.3) is 0 Å². The zero-order chi connectivity index (χ0) is 12.4. The molecule has 0 saturated heterocycles. The number of rotatable bonds is 5. The van der Waals surface area contributed by atoms with Crippen LogP contribution in [0.4, 0.5) is 0 Å². The highest BCUT2D eigenvalue weighted by Gasteiger charge is 2.38. The Morgan fingerprint density at radius 3 is 2.94 bits per heavy atom. The Labute approximate surface area is 103 Å². The van der Waals surface area contributed by atoms with Gasteiger partial charge in [-0.2, -0.15) is 0 Å². The molecule has 1 fully saturated rings. The minimum absolute atomic E-state index is 0.240. The van der Waals surface area contributed by atoms with Crippen molar-refractivity contribution in [3.05, 3.63) is 10.5 Å². The third kappa shape index (κ3) is 2.54. The van der Waals surface area contributed by atoms with Gasteiger partial charge in [-0.3, -0.25) is 9.36 Å². The average Bonchev–Trinajstić information content (AvgIpc) is 3.10. The first-order valence-electron chi connectivity index (χ1n) is 5.57. The number of thioether (sulfide) groups is 1. The summed E-state index contributed by atoms with van der Waals surface area (Å²) in [4.78, 5) is 23.0. The van der Waals surface area contributed by atoms with E-state index in [0.29, 0.717) is 17.6 Å². The summed E-state index contributed by atoms with van der Waals surface area (Å²) in [6.45, 7) is 2.40. The number of carbonyl (C=O) groups excluding carboxylic acids is 1. The Morgan fingerprint density at radius 1 is 1.71 bits per heavy atom. The van der Waals surface area contributed by atoms with Crippen LogP contribution in [0.15, 0.2) is 9.95 Å². The first-order valence-corrected chi connectivity index (χ1v) is 6.45. The van der Waals surface area contributed by atoms with E-state index in [4.69, 9.17) is 4.74 Å². The molecule has 1 aromatic heterocycles. The summed E-state index contributed by atoms with van der Waals surface area (Å²) in [5.74, 6) is 0.111. The van der Waals surface area contributed by atoms with Crippen molar-refractivity contribution >= 4 is 17.7 Å². The quantitative estimate of drug-likeness (QED) is 0.618. The molecule has 0 radical (unpaired) electrons. The van der Waals surface area contributed by atoms with Crippen molar-refractivity contribution in [2.75, 3.05) is 7.11 Å². The van der Waals surface area contributed by atoms with Gasteiger partial charge in [0.05, 0.1) is 7.11 Å². The molecule has 17 heavy (non-hydrogen) atoms. The molecule has 1 saturated carbocycles. The molecule has 1 aromatic rings. The topological polar surface area (TPSA) is 77.0 Å². The summed E-state index contributed by atoms with van der Waals surface area (Å²) >= 11 is 1.31. The minimum Gasteiger partial charge on any atom is -0.468 e. The lowest BCUT2D eigenvalue weighted by Gasteiger charge is -2.12. The molecule has 6 nitrogen and oxygen atoms in total. The smallest absolute Gasteiger partial charge is 0.343 e. The van der Waals surface area contributed by atoms with Crippen molar-refractivity contribution in [2.45, 2.75) is 36.7 Å². The molecular formula is C10H15N3O3S. The van der Waals surface area contributed by atoms with Crippen LogP contribution in [0.1, 0.15) is 19.8 Å². The van der Waals surface area contributed by atoms with Crippen LogP contribution in [0.2, 0.25) is 0 Å². The predicted molar refractivity (Wildman–Crippen MR) is 62.9 cm³/mol. The molecular weight excluding hydrogens is 242 g/mol. The summed E-state index contributed by atoms with van der Waals surface area (Å²) in [5.41, 5.74) is -0.241. The third-order valence-electron chi connectivity index (χ3n) is 2.76. The lowest BCUT2D eigenvalue weighted by atomic mass is 10.3. The average molecular weight is 257 g/mol. The standard InChI is InChI=1S/C10H15N3O3S/c1-3-13-9(15)11-12-10(13)17-7(6-4-5-6)8(14)16-2/h6-7H,3-5H2,1-2H3,(H,11,15). The van der Waals surface area contributed by atoms with Gasteiger partial charge < -0.3 is 4.74 Å². The number of methoxy groups -OCH3 is 1. The Kier molecular flexibility index (Phi) is 3.56. The fraction of sp³-hybridized carbons (Fsp3) is 0.700. The van der Waals surface area contributed by atoms with Crippen LogP contribution in [0.5, 0.6) is 0 Å². The van der Waals surface area contributed by atoms with E-state index in [1.54, 1.807) is 0 Å². The number of H-pyrrole nitrogens is 1.